The van der Waals surface area contributed by atoms with Crippen molar-refractivity contribution in [3.63, 3.8) is 0 Å². The number of hydrogen-bond acceptors (Lipinski definition) is 2. The van der Waals surface area contributed by atoms with Crippen molar-refractivity contribution in [3.8, 4) is 0 Å². The molecule has 1 fully saturated rings. The van der Waals surface area contributed by atoms with Gasteiger partial charge in [-0.3, -0.25) is 0 Å². The molecule has 0 amide bonds. The van der Waals surface area contributed by atoms with Crippen LogP contribution in [0.1, 0.15) is 32.3 Å². The molecule has 1 heterocycles. The monoisotopic (exact) mass is 278 g/mol. The van der Waals surface area contributed by atoms with Gasteiger partial charge in [0.25, 0.3) is 0 Å². The fourth-order valence-corrected chi connectivity index (χ4v) is 3.76. The Balaban J connectivity index is 2.28. The van der Waals surface area contributed by atoms with Crippen LogP contribution in [0.2, 0.25) is 0 Å². The van der Waals surface area contributed by atoms with E-state index in [0.717, 1.165) is 32.4 Å². The van der Waals surface area contributed by atoms with Gasteiger partial charge in [-0.1, -0.05) is 30.3 Å². The molecule has 112 valence electrons. The maximum Gasteiger partial charge on any atom is 0.0796 e. The molecule has 20 heavy (non-hydrogen) atoms. The van der Waals surface area contributed by atoms with Crippen molar-refractivity contribution < 1.29 is 15.6 Å². The maximum atomic E-state index is 9.81. The summed E-state index contributed by atoms with van der Waals surface area (Å²) in [6.45, 7) is 6.08. The average molecular weight is 278 g/mol. The van der Waals surface area contributed by atoms with Gasteiger partial charge in [0.1, 0.15) is 0 Å². The highest BCUT2D eigenvalue weighted by Crippen LogP contribution is 2.46. The predicted octanol–water partition coefficient (Wildman–Crippen LogP) is 1.65. The molecule has 0 spiro atoms. The third-order valence-electron chi connectivity index (χ3n) is 4.70. The highest BCUT2D eigenvalue weighted by molar-refractivity contribution is 5.18. The summed E-state index contributed by atoms with van der Waals surface area (Å²) < 4.78 is 5.90. The quantitative estimate of drug-likeness (QED) is 0.860. The molecule has 3 heteroatoms. The van der Waals surface area contributed by atoms with E-state index in [-0.39, 0.29) is 23.5 Å². The second kappa shape index (κ2) is 6.25. The molecule has 1 aromatic rings. The minimum atomic E-state index is -0.115. The predicted molar refractivity (Wildman–Crippen MR) is 80.2 cm³/mol. The highest BCUT2D eigenvalue weighted by Gasteiger charge is 2.46. The van der Waals surface area contributed by atoms with E-state index in [0.29, 0.717) is 0 Å². The summed E-state index contributed by atoms with van der Waals surface area (Å²) in [5.74, 6) is 0.242. The number of ether oxygens (including phenoxy) is 1. The summed E-state index contributed by atoms with van der Waals surface area (Å²) in [6.07, 6.45) is 2.99. The van der Waals surface area contributed by atoms with Crippen molar-refractivity contribution in [3.05, 3.63) is 35.9 Å². The molecule has 0 saturated carbocycles. The van der Waals surface area contributed by atoms with E-state index in [4.69, 9.17) is 4.74 Å². The maximum absolute atomic E-state index is 9.81. The van der Waals surface area contributed by atoms with E-state index in [2.05, 4.69) is 49.9 Å². The van der Waals surface area contributed by atoms with E-state index in [1.165, 1.54) is 5.56 Å². The number of aliphatic hydroxyl groups is 1. The smallest absolute Gasteiger partial charge is 0.0796 e. The van der Waals surface area contributed by atoms with Crippen LogP contribution in [0.25, 0.3) is 0 Å². The van der Waals surface area contributed by atoms with Crippen molar-refractivity contribution in [2.45, 2.75) is 38.7 Å². The van der Waals surface area contributed by atoms with Crippen LogP contribution in [-0.2, 0) is 11.2 Å². The van der Waals surface area contributed by atoms with Crippen molar-refractivity contribution in [1.82, 2.24) is 0 Å². The molecule has 1 aliphatic heterocycles. The van der Waals surface area contributed by atoms with Gasteiger partial charge in [0, 0.05) is 12.5 Å². The Morgan fingerprint density at radius 3 is 2.55 bits per heavy atom. The molecule has 2 rings (SSSR count). The second-order valence-corrected chi connectivity index (χ2v) is 6.73. The molecule has 1 saturated heterocycles. The van der Waals surface area contributed by atoms with Gasteiger partial charge in [-0.25, -0.2) is 0 Å². The average Bonchev–Trinajstić information content (AvgIpc) is 2.40. The van der Waals surface area contributed by atoms with Crippen molar-refractivity contribution >= 4 is 0 Å². The lowest BCUT2D eigenvalue weighted by Gasteiger charge is -2.48. The van der Waals surface area contributed by atoms with E-state index in [1.807, 2.05) is 0 Å². The first-order valence-corrected chi connectivity index (χ1v) is 7.59. The Bertz CT molecular complexity index is 414. The van der Waals surface area contributed by atoms with Crippen LogP contribution in [-0.4, -0.2) is 30.5 Å². The fraction of sp³-hybridized carbons (Fsp3) is 0.647. The van der Waals surface area contributed by atoms with Crippen molar-refractivity contribution in [2.75, 3.05) is 19.8 Å². The summed E-state index contributed by atoms with van der Waals surface area (Å²) in [5.41, 5.74) is 5.39. The van der Waals surface area contributed by atoms with Crippen LogP contribution in [0, 0.1) is 11.3 Å². The minimum Gasteiger partial charge on any atom is -0.396 e. The Morgan fingerprint density at radius 1 is 1.30 bits per heavy atom. The van der Waals surface area contributed by atoms with E-state index >= 15 is 0 Å². The molecule has 2 atom stereocenters. The topological polar surface area (TPSA) is 57.1 Å². The van der Waals surface area contributed by atoms with Gasteiger partial charge in [-0.2, -0.15) is 0 Å². The lowest BCUT2D eigenvalue weighted by molar-refractivity contribution is -0.389. The van der Waals surface area contributed by atoms with E-state index < -0.39 is 0 Å². The lowest BCUT2D eigenvalue weighted by atomic mass is 9.63. The lowest BCUT2D eigenvalue weighted by Crippen LogP contribution is -2.60. The van der Waals surface area contributed by atoms with Gasteiger partial charge in [0.05, 0.1) is 18.8 Å². The SMILES string of the molecule is CC1(C)C[C@@](Cc2ccccc2)([C@H](C[NH3+])CO)CCO1. The zero-order chi connectivity index (χ0) is 14.6. The van der Waals surface area contributed by atoms with Crippen molar-refractivity contribution in [2.24, 2.45) is 11.3 Å². The molecule has 0 aliphatic carbocycles. The molecule has 0 bridgehead atoms. The number of aliphatic hydroxyl groups excluding tert-OH is 1. The van der Waals surface area contributed by atoms with Gasteiger partial charge in [-0.05, 0) is 44.1 Å². The summed E-state index contributed by atoms with van der Waals surface area (Å²) >= 11 is 0. The van der Waals surface area contributed by atoms with Crippen molar-refractivity contribution in [1.29, 1.82) is 0 Å². The van der Waals surface area contributed by atoms with Crippen LogP contribution in [0.4, 0.5) is 0 Å². The van der Waals surface area contributed by atoms with Gasteiger partial charge >= 0.3 is 0 Å². The van der Waals surface area contributed by atoms with Crippen LogP contribution in [0.3, 0.4) is 0 Å². The Hall–Kier alpha value is -0.900. The van der Waals surface area contributed by atoms with Gasteiger partial charge in [-0.15, -0.1) is 0 Å². The number of benzene rings is 1. The third kappa shape index (κ3) is 3.40. The largest absolute Gasteiger partial charge is 0.396 e. The van der Waals surface area contributed by atoms with E-state index in [9.17, 15) is 5.11 Å². The van der Waals surface area contributed by atoms with Crippen LogP contribution in [0.5, 0.6) is 0 Å². The number of hydrogen-bond donors (Lipinski definition) is 2. The standard InChI is InChI=1S/C17H27NO2/c1-16(2)13-17(8-9-20-16,15(11-18)12-19)10-14-6-4-3-5-7-14/h3-7,15,19H,8-13,18H2,1-2H3/p+1/t15-,17-/m1/s1. The summed E-state index contributed by atoms with van der Waals surface area (Å²) in [5, 5.41) is 9.81. The first-order valence-electron chi connectivity index (χ1n) is 7.59. The fourth-order valence-electron chi connectivity index (χ4n) is 3.76. The normalized spacial score (nSPS) is 27.2. The van der Waals surface area contributed by atoms with Crippen LogP contribution >= 0.6 is 0 Å². The summed E-state index contributed by atoms with van der Waals surface area (Å²) in [7, 11) is 0. The second-order valence-electron chi connectivity index (χ2n) is 6.73. The third-order valence-corrected chi connectivity index (χ3v) is 4.70. The summed E-state index contributed by atoms with van der Waals surface area (Å²) in [4.78, 5) is 0. The molecule has 4 N–H and O–H groups in total. The molecular formula is C17H28NO2+. The van der Waals surface area contributed by atoms with Crippen LogP contribution in [0.15, 0.2) is 30.3 Å². The molecule has 0 aromatic heterocycles. The molecule has 1 aromatic carbocycles. The zero-order valence-electron chi connectivity index (χ0n) is 12.8. The molecule has 3 nitrogen and oxygen atoms in total. The number of quaternary nitrogens is 1. The first-order chi connectivity index (χ1) is 9.51. The Kier molecular flexibility index (Phi) is 4.84. The molecular weight excluding hydrogens is 250 g/mol. The number of rotatable bonds is 5. The molecule has 0 radical (unpaired) electrons. The van der Waals surface area contributed by atoms with Gasteiger partial charge in [0.2, 0.25) is 0 Å². The van der Waals surface area contributed by atoms with Gasteiger partial charge in [0.15, 0.2) is 0 Å². The van der Waals surface area contributed by atoms with E-state index in [1.54, 1.807) is 0 Å². The molecule has 1 aliphatic rings. The summed E-state index contributed by atoms with van der Waals surface area (Å²) in [6, 6.07) is 10.6. The highest BCUT2D eigenvalue weighted by atomic mass is 16.5. The molecule has 0 unspecified atom stereocenters. The minimum absolute atomic E-state index is 0.0968. The Labute approximate surface area is 122 Å². The Morgan fingerprint density at radius 2 is 2.00 bits per heavy atom. The van der Waals surface area contributed by atoms with Gasteiger partial charge < -0.3 is 15.6 Å². The zero-order valence-corrected chi connectivity index (χ0v) is 12.8. The van der Waals surface area contributed by atoms with Crippen LogP contribution < -0.4 is 5.73 Å². The first kappa shape index (κ1) is 15.5.